The minimum atomic E-state index is -3.80. The van der Waals surface area contributed by atoms with E-state index in [1.165, 1.54) is 12.0 Å². The number of carbonyl (C=O) groups excluding carboxylic acids is 2. The minimum Gasteiger partial charge on any atom is -0.495 e. The molecular formula is C39H43N3O6S. The van der Waals surface area contributed by atoms with E-state index in [-0.39, 0.29) is 34.1 Å². The summed E-state index contributed by atoms with van der Waals surface area (Å²) in [6, 6.07) is 27.8. The molecule has 9 nitrogen and oxygen atoms in total. The summed E-state index contributed by atoms with van der Waals surface area (Å²) in [5, 5.41) is 0. The molecule has 0 radical (unpaired) electrons. The van der Waals surface area contributed by atoms with Crippen LogP contribution in [0, 0.1) is 5.92 Å². The zero-order valence-electron chi connectivity index (χ0n) is 28.3. The number of likely N-dealkylation sites (tertiary alicyclic amines) is 1. The predicted octanol–water partition coefficient (Wildman–Crippen LogP) is 5.58. The Balaban J connectivity index is 1.15. The molecule has 2 aliphatic rings. The highest BCUT2D eigenvalue weighted by atomic mass is 32.2. The van der Waals surface area contributed by atoms with Crippen LogP contribution in [0.3, 0.4) is 0 Å². The fourth-order valence-corrected chi connectivity index (χ4v) is 8.29. The van der Waals surface area contributed by atoms with Crippen molar-refractivity contribution in [3.63, 3.8) is 0 Å². The topological polar surface area (TPSA) is 96.5 Å². The van der Waals surface area contributed by atoms with Gasteiger partial charge in [-0.1, -0.05) is 54.6 Å². The molecule has 49 heavy (non-hydrogen) atoms. The van der Waals surface area contributed by atoms with Crippen molar-refractivity contribution in [1.82, 2.24) is 9.80 Å². The first-order valence-corrected chi connectivity index (χ1v) is 18.3. The highest BCUT2D eigenvalue weighted by Gasteiger charge is 2.30. The second-order valence-electron chi connectivity index (χ2n) is 13.0. The van der Waals surface area contributed by atoms with Crippen molar-refractivity contribution in [2.24, 2.45) is 5.92 Å². The predicted molar refractivity (Wildman–Crippen MR) is 191 cm³/mol. The highest BCUT2D eigenvalue weighted by Crippen LogP contribution is 2.33. The van der Waals surface area contributed by atoms with E-state index in [1.54, 1.807) is 50.5 Å². The molecule has 2 fully saturated rings. The number of hydrogen-bond acceptors (Lipinski definition) is 7. The van der Waals surface area contributed by atoms with Gasteiger partial charge in [0.25, 0.3) is 11.8 Å². The van der Waals surface area contributed by atoms with Crippen LogP contribution in [0.2, 0.25) is 0 Å². The molecule has 2 heterocycles. The number of amides is 2. The number of anilines is 1. The molecule has 0 N–H and O–H groups in total. The van der Waals surface area contributed by atoms with Crippen LogP contribution in [-0.2, 0) is 26.7 Å². The summed E-state index contributed by atoms with van der Waals surface area (Å²) in [5.74, 6) is 0.281. The van der Waals surface area contributed by atoms with Crippen molar-refractivity contribution < 1.29 is 27.5 Å². The quantitative estimate of drug-likeness (QED) is 0.216. The Kier molecular flexibility index (Phi) is 10.4. The van der Waals surface area contributed by atoms with E-state index >= 15 is 0 Å². The van der Waals surface area contributed by atoms with E-state index in [0.717, 1.165) is 48.3 Å². The monoisotopic (exact) mass is 681 g/mol. The number of methoxy groups -OCH3 is 1. The van der Waals surface area contributed by atoms with Crippen LogP contribution in [0.15, 0.2) is 95.9 Å². The molecule has 2 amide bonds. The van der Waals surface area contributed by atoms with E-state index in [4.69, 9.17) is 9.47 Å². The number of para-hydroxylation sites is 1. The zero-order chi connectivity index (χ0) is 34.5. The van der Waals surface area contributed by atoms with Gasteiger partial charge < -0.3 is 24.2 Å². The Morgan fingerprint density at radius 1 is 0.857 bits per heavy atom. The van der Waals surface area contributed by atoms with E-state index in [2.05, 4.69) is 4.90 Å². The average Bonchev–Trinajstić information content (AvgIpc) is 3.59. The van der Waals surface area contributed by atoms with Crippen molar-refractivity contribution in [3.8, 4) is 16.9 Å². The summed E-state index contributed by atoms with van der Waals surface area (Å²) in [4.78, 5) is 32.0. The zero-order valence-corrected chi connectivity index (χ0v) is 29.1. The molecule has 0 spiro atoms. The summed E-state index contributed by atoms with van der Waals surface area (Å²) in [6.45, 7) is 4.20. The third-order valence-electron chi connectivity index (χ3n) is 9.28. The SMILES string of the molecule is COc1ccc(-c2cccc(C(=O)N(C)C)c2)cc1S(=O)(=O)Cc1cccc(C[C@H]2CCN(C(=O)c3ccccc3N3CCOCC3)C2)c1. The van der Waals surface area contributed by atoms with Crippen molar-refractivity contribution in [3.05, 3.63) is 113 Å². The number of hydrogen-bond donors (Lipinski definition) is 0. The van der Waals surface area contributed by atoms with Crippen LogP contribution in [-0.4, -0.2) is 90.6 Å². The Morgan fingerprint density at radius 3 is 2.37 bits per heavy atom. The van der Waals surface area contributed by atoms with Gasteiger partial charge in [0.1, 0.15) is 10.6 Å². The number of ether oxygens (including phenoxy) is 2. The van der Waals surface area contributed by atoms with Gasteiger partial charge in [-0.15, -0.1) is 0 Å². The Morgan fingerprint density at radius 2 is 1.59 bits per heavy atom. The van der Waals surface area contributed by atoms with Crippen LogP contribution >= 0.6 is 0 Å². The van der Waals surface area contributed by atoms with Gasteiger partial charge in [-0.2, -0.15) is 0 Å². The summed E-state index contributed by atoms with van der Waals surface area (Å²) in [6.07, 6.45) is 1.64. The lowest BCUT2D eigenvalue weighted by atomic mass is 9.97. The molecule has 0 bridgehead atoms. The first-order chi connectivity index (χ1) is 23.6. The van der Waals surface area contributed by atoms with Crippen LogP contribution in [0.25, 0.3) is 11.1 Å². The van der Waals surface area contributed by atoms with Gasteiger partial charge >= 0.3 is 0 Å². The van der Waals surface area contributed by atoms with Crippen LogP contribution in [0.5, 0.6) is 5.75 Å². The number of nitrogens with zero attached hydrogens (tertiary/aromatic N) is 3. The van der Waals surface area contributed by atoms with Gasteiger partial charge in [0.15, 0.2) is 9.84 Å². The number of rotatable bonds is 10. The van der Waals surface area contributed by atoms with Gasteiger partial charge in [-0.25, -0.2) is 8.42 Å². The largest absolute Gasteiger partial charge is 0.495 e. The fraction of sp³-hybridized carbons (Fsp3) is 0.333. The summed E-state index contributed by atoms with van der Waals surface area (Å²) in [7, 11) is 1.05. The molecule has 4 aromatic carbocycles. The lowest BCUT2D eigenvalue weighted by molar-refractivity contribution is 0.0785. The van der Waals surface area contributed by atoms with Gasteiger partial charge in [0, 0.05) is 51.5 Å². The van der Waals surface area contributed by atoms with E-state index in [1.807, 2.05) is 59.5 Å². The van der Waals surface area contributed by atoms with Crippen molar-refractivity contribution in [2.75, 3.05) is 65.5 Å². The molecule has 256 valence electrons. The molecule has 10 heteroatoms. The first kappa shape index (κ1) is 34.2. The lowest BCUT2D eigenvalue weighted by Gasteiger charge is -2.31. The van der Waals surface area contributed by atoms with Gasteiger partial charge in [0.2, 0.25) is 0 Å². The van der Waals surface area contributed by atoms with Gasteiger partial charge in [0.05, 0.1) is 31.6 Å². The van der Waals surface area contributed by atoms with Crippen LogP contribution in [0.1, 0.15) is 38.3 Å². The molecule has 6 rings (SSSR count). The molecule has 2 aliphatic heterocycles. The first-order valence-electron chi connectivity index (χ1n) is 16.6. The van der Waals surface area contributed by atoms with Crippen LogP contribution < -0.4 is 9.64 Å². The third kappa shape index (κ3) is 7.81. The maximum Gasteiger partial charge on any atom is 0.255 e. The Labute approximate surface area is 289 Å². The highest BCUT2D eigenvalue weighted by molar-refractivity contribution is 7.90. The molecule has 1 atom stereocenters. The summed E-state index contributed by atoms with van der Waals surface area (Å²) in [5.41, 5.74) is 5.36. The fourth-order valence-electron chi connectivity index (χ4n) is 6.75. The van der Waals surface area contributed by atoms with Crippen molar-refractivity contribution in [1.29, 1.82) is 0 Å². The van der Waals surface area contributed by atoms with E-state index < -0.39 is 9.84 Å². The van der Waals surface area contributed by atoms with Crippen molar-refractivity contribution >= 4 is 27.3 Å². The molecular weight excluding hydrogens is 639 g/mol. The number of sulfone groups is 1. The maximum atomic E-state index is 13.9. The second-order valence-corrected chi connectivity index (χ2v) is 14.9. The normalized spacial score (nSPS) is 16.4. The van der Waals surface area contributed by atoms with Crippen LogP contribution in [0.4, 0.5) is 5.69 Å². The average molecular weight is 682 g/mol. The number of benzene rings is 4. The number of carbonyl (C=O) groups is 2. The summed E-state index contributed by atoms with van der Waals surface area (Å²) >= 11 is 0. The smallest absolute Gasteiger partial charge is 0.255 e. The standard InChI is InChI=1S/C39H43N3O6S/c1-40(2)38(43)33-11-7-10-31(24-33)32-14-15-36(47-3)37(25-32)49(45,46)27-30-9-6-8-28(23-30)22-29-16-17-42(26-29)39(44)34-12-4-5-13-35(34)41-18-20-48-21-19-41/h4-15,23-25,29H,16-22,26-27H2,1-3H3/t29-/m1/s1. The maximum absolute atomic E-state index is 13.9. The molecule has 4 aromatic rings. The molecule has 0 aromatic heterocycles. The Hall–Kier alpha value is -4.67. The lowest BCUT2D eigenvalue weighted by Crippen LogP contribution is -2.38. The second kappa shape index (κ2) is 14.8. The summed E-state index contributed by atoms with van der Waals surface area (Å²) < 4.78 is 38.8. The molecule has 0 aliphatic carbocycles. The minimum absolute atomic E-state index is 0.0524. The molecule has 2 saturated heterocycles. The van der Waals surface area contributed by atoms with Gasteiger partial charge in [-0.05, 0) is 77.4 Å². The Bertz CT molecular complexity index is 1940. The molecule has 0 unspecified atom stereocenters. The van der Waals surface area contributed by atoms with Crippen molar-refractivity contribution in [2.45, 2.75) is 23.5 Å². The molecule has 0 saturated carbocycles. The van der Waals surface area contributed by atoms with E-state index in [0.29, 0.717) is 43.0 Å². The third-order valence-corrected chi connectivity index (χ3v) is 11.0. The van der Waals surface area contributed by atoms with Gasteiger partial charge in [-0.3, -0.25) is 9.59 Å². The number of morpholine rings is 1. The van der Waals surface area contributed by atoms with E-state index in [9.17, 15) is 18.0 Å².